The van der Waals surface area contributed by atoms with Crippen LogP contribution in [0.2, 0.25) is 0 Å². The topological polar surface area (TPSA) is 94.9 Å². The van der Waals surface area contributed by atoms with E-state index in [9.17, 15) is 4.79 Å². The zero-order valence-electron chi connectivity index (χ0n) is 19.9. The lowest BCUT2D eigenvalue weighted by atomic mass is 9.95. The van der Waals surface area contributed by atoms with Gasteiger partial charge >= 0.3 is 5.69 Å². The number of hydrogen-bond donors (Lipinski definition) is 1. The molecule has 1 aromatic carbocycles. The van der Waals surface area contributed by atoms with Crippen molar-refractivity contribution in [2.45, 2.75) is 19.4 Å². The van der Waals surface area contributed by atoms with E-state index < -0.39 is 5.54 Å². The summed E-state index contributed by atoms with van der Waals surface area (Å²) in [7, 11) is 5.66. The predicted molar refractivity (Wildman–Crippen MR) is 136 cm³/mol. The number of nitrogens with two attached hydrogens (primary N) is 1. The van der Waals surface area contributed by atoms with Crippen LogP contribution in [0, 0.1) is 0 Å². The van der Waals surface area contributed by atoms with Crippen molar-refractivity contribution in [3.05, 3.63) is 77.0 Å². The quantitative estimate of drug-likeness (QED) is 0.447. The first-order chi connectivity index (χ1) is 16.1. The molecule has 4 aromatic heterocycles. The van der Waals surface area contributed by atoms with E-state index in [-0.39, 0.29) is 5.69 Å². The molecule has 0 fully saturated rings. The SMILES string of the molecule is CN(C)c1ccc(-c2ccc3ncc4c(c3n2)n(-c2ccc(C(C)(C)N)cc2)c(=O)n4C)cn1. The Morgan fingerprint density at radius 1 is 0.941 bits per heavy atom. The van der Waals surface area contributed by atoms with Crippen LogP contribution < -0.4 is 16.3 Å². The molecule has 0 unspecified atom stereocenters. The molecule has 4 heterocycles. The Morgan fingerprint density at radius 3 is 2.29 bits per heavy atom. The Morgan fingerprint density at radius 2 is 1.68 bits per heavy atom. The number of aromatic nitrogens is 5. The van der Waals surface area contributed by atoms with E-state index in [1.165, 1.54) is 0 Å². The molecule has 2 N–H and O–H groups in total. The smallest absolute Gasteiger partial charge is 0.333 e. The minimum atomic E-state index is -0.467. The van der Waals surface area contributed by atoms with E-state index in [0.717, 1.165) is 33.8 Å². The second kappa shape index (κ2) is 7.78. The van der Waals surface area contributed by atoms with E-state index in [1.54, 1.807) is 22.4 Å². The molecule has 8 heteroatoms. The summed E-state index contributed by atoms with van der Waals surface area (Å²) in [6.45, 7) is 3.91. The minimum absolute atomic E-state index is 0.159. The molecule has 0 saturated heterocycles. The van der Waals surface area contributed by atoms with Gasteiger partial charge in [-0.1, -0.05) is 12.1 Å². The lowest BCUT2D eigenvalue weighted by molar-refractivity contribution is 0.554. The first-order valence-corrected chi connectivity index (χ1v) is 11.1. The maximum absolute atomic E-state index is 13.3. The van der Waals surface area contributed by atoms with Crippen molar-refractivity contribution in [1.82, 2.24) is 24.1 Å². The molecule has 5 aromatic rings. The summed E-state index contributed by atoms with van der Waals surface area (Å²) in [5.41, 5.74) is 11.8. The van der Waals surface area contributed by atoms with Crippen molar-refractivity contribution >= 4 is 27.9 Å². The average Bonchev–Trinajstić information content (AvgIpc) is 3.08. The minimum Gasteiger partial charge on any atom is -0.363 e. The van der Waals surface area contributed by atoms with E-state index in [1.807, 2.05) is 87.6 Å². The molecule has 0 bridgehead atoms. The van der Waals surface area contributed by atoms with Gasteiger partial charge in [0, 0.05) is 38.4 Å². The molecule has 8 nitrogen and oxygen atoms in total. The van der Waals surface area contributed by atoms with E-state index >= 15 is 0 Å². The molecule has 5 rings (SSSR count). The van der Waals surface area contributed by atoms with Gasteiger partial charge < -0.3 is 10.6 Å². The third-order valence-corrected chi connectivity index (χ3v) is 6.10. The van der Waals surface area contributed by atoms with Crippen LogP contribution in [0.5, 0.6) is 0 Å². The first kappa shape index (κ1) is 21.8. The van der Waals surface area contributed by atoms with Crippen LogP contribution in [0.25, 0.3) is 39.0 Å². The molecular formula is C26H27N7O. The normalized spacial score (nSPS) is 11.9. The van der Waals surface area contributed by atoms with Crippen molar-refractivity contribution in [2.24, 2.45) is 12.8 Å². The van der Waals surface area contributed by atoms with Crippen molar-refractivity contribution in [1.29, 1.82) is 0 Å². The third kappa shape index (κ3) is 3.52. The second-order valence-electron chi connectivity index (χ2n) is 9.30. The van der Waals surface area contributed by atoms with E-state index in [2.05, 4.69) is 9.97 Å². The molecule has 172 valence electrons. The Kier molecular flexibility index (Phi) is 4.98. The number of aryl methyl sites for hydroxylation is 1. The second-order valence-corrected chi connectivity index (χ2v) is 9.30. The lowest BCUT2D eigenvalue weighted by Gasteiger charge is -2.19. The van der Waals surface area contributed by atoms with Crippen molar-refractivity contribution in [3.63, 3.8) is 0 Å². The Bertz CT molecular complexity index is 1570. The Balaban J connectivity index is 1.74. The van der Waals surface area contributed by atoms with Crippen LogP contribution in [-0.2, 0) is 12.6 Å². The summed E-state index contributed by atoms with van der Waals surface area (Å²) in [5.74, 6) is 0.870. The summed E-state index contributed by atoms with van der Waals surface area (Å²) in [5, 5.41) is 0. The predicted octanol–water partition coefficient (Wildman–Crippen LogP) is 3.59. The van der Waals surface area contributed by atoms with Gasteiger partial charge in [0.1, 0.15) is 16.9 Å². The van der Waals surface area contributed by atoms with Crippen molar-refractivity contribution in [3.8, 4) is 16.9 Å². The summed E-state index contributed by atoms with van der Waals surface area (Å²) in [6.07, 6.45) is 3.53. The van der Waals surface area contributed by atoms with Gasteiger partial charge in [0.15, 0.2) is 0 Å². The number of benzene rings is 1. The molecule has 0 aliphatic rings. The van der Waals surface area contributed by atoms with Gasteiger partial charge in [0.2, 0.25) is 0 Å². The Labute approximate surface area is 197 Å². The van der Waals surface area contributed by atoms with Crippen molar-refractivity contribution in [2.75, 3.05) is 19.0 Å². The largest absolute Gasteiger partial charge is 0.363 e. The Hall–Kier alpha value is -4.04. The van der Waals surface area contributed by atoms with Crippen LogP contribution in [0.3, 0.4) is 0 Å². The van der Waals surface area contributed by atoms with E-state index in [4.69, 9.17) is 10.7 Å². The number of rotatable bonds is 4. The molecule has 0 atom stereocenters. The zero-order chi connectivity index (χ0) is 24.2. The van der Waals surface area contributed by atoms with Gasteiger partial charge in [-0.25, -0.2) is 14.8 Å². The van der Waals surface area contributed by atoms with Crippen LogP contribution in [0.1, 0.15) is 19.4 Å². The van der Waals surface area contributed by atoms with Gasteiger partial charge in [-0.3, -0.25) is 14.1 Å². The van der Waals surface area contributed by atoms with Crippen LogP contribution in [0.4, 0.5) is 5.82 Å². The van der Waals surface area contributed by atoms with Gasteiger partial charge in [-0.2, -0.15) is 0 Å². The molecule has 0 aliphatic carbocycles. The number of imidazole rings is 1. The number of pyridine rings is 3. The molecule has 0 spiro atoms. The number of nitrogens with zero attached hydrogens (tertiary/aromatic N) is 6. The van der Waals surface area contributed by atoms with Crippen LogP contribution in [-0.4, -0.2) is 38.2 Å². The molecule has 0 radical (unpaired) electrons. The van der Waals surface area contributed by atoms with Gasteiger partial charge in [0.25, 0.3) is 0 Å². The van der Waals surface area contributed by atoms with Crippen LogP contribution in [0.15, 0.2) is 65.7 Å². The zero-order valence-corrected chi connectivity index (χ0v) is 19.9. The highest BCUT2D eigenvalue weighted by atomic mass is 16.1. The highest BCUT2D eigenvalue weighted by molar-refractivity contribution is 6.01. The summed E-state index contributed by atoms with van der Waals surface area (Å²) < 4.78 is 3.29. The number of hydrogen-bond acceptors (Lipinski definition) is 6. The number of anilines is 1. The fourth-order valence-corrected chi connectivity index (χ4v) is 4.10. The highest BCUT2D eigenvalue weighted by Gasteiger charge is 2.19. The molecular weight excluding hydrogens is 426 g/mol. The van der Waals surface area contributed by atoms with Gasteiger partial charge in [-0.05, 0) is 55.8 Å². The average molecular weight is 454 g/mol. The molecule has 0 aliphatic heterocycles. The first-order valence-electron chi connectivity index (χ1n) is 11.1. The lowest BCUT2D eigenvalue weighted by Crippen LogP contribution is -2.28. The number of fused-ring (bicyclic) bond motifs is 3. The maximum Gasteiger partial charge on any atom is 0.333 e. The highest BCUT2D eigenvalue weighted by Crippen LogP contribution is 2.28. The van der Waals surface area contributed by atoms with Crippen LogP contribution >= 0.6 is 0 Å². The maximum atomic E-state index is 13.3. The van der Waals surface area contributed by atoms with E-state index in [0.29, 0.717) is 16.6 Å². The third-order valence-electron chi connectivity index (χ3n) is 6.10. The fraction of sp³-hybridized carbons (Fsp3) is 0.231. The standard InChI is InChI=1S/C26H27N7O/c1-26(2,27)17-7-9-18(10-8-17)33-24-21(32(5)25(33)34)15-28-20-12-11-19(30-23(20)24)16-6-13-22(29-14-16)31(3)4/h6-15H,27H2,1-5H3. The molecule has 0 amide bonds. The summed E-state index contributed by atoms with van der Waals surface area (Å²) in [6, 6.07) is 15.6. The van der Waals surface area contributed by atoms with Gasteiger partial charge in [0.05, 0.1) is 28.6 Å². The summed E-state index contributed by atoms with van der Waals surface area (Å²) >= 11 is 0. The summed E-state index contributed by atoms with van der Waals surface area (Å²) in [4.78, 5) is 29.3. The monoisotopic (exact) mass is 453 g/mol. The molecule has 34 heavy (non-hydrogen) atoms. The van der Waals surface area contributed by atoms with Crippen molar-refractivity contribution < 1.29 is 0 Å². The molecule has 0 saturated carbocycles. The van der Waals surface area contributed by atoms with Gasteiger partial charge in [-0.15, -0.1) is 0 Å². The fourth-order valence-electron chi connectivity index (χ4n) is 4.10.